The first-order chi connectivity index (χ1) is 13.4. The fourth-order valence-electron chi connectivity index (χ4n) is 2.46. The van der Waals surface area contributed by atoms with Gasteiger partial charge in [0.25, 0.3) is 11.5 Å². The van der Waals surface area contributed by atoms with Crippen LogP contribution in [0.15, 0.2) is 57.8 Å². The molecule has 144 valence electrons. The molecule has 0 spiro atoms. The maximum atomic E-state index is 12.7. The Hall–Kier alpha value is -3.33. The van der Waals surface area contributed by atoms with Gasteiger partial charge in [0.1, 0.15) is 11.5 Å². The van der Waals surface area contributed by atoms with Crippen molar-refractivity contribution < 1.29 is 19.4 Å². The number of nitrogens with one attached hydrogen (secondary N) is 1. The molecule has 28 heavy (non-hydrogen) atoms. The van der Waals surface area contributed by atoms with E-state index in [4.69, 9.17) is 9.47 Å². The van der Waals surface area contributed by atoms with Gasteiger partial charge in [-0.05, 0) is 36.4 Å². The Balaban J connectivity index is 1.97. The third kappa shape index (κ3) is 3.99. The summed E-state index contributed by atoms with van der Waals surface area (Å²) in [5.41, 5.74) is -0.0704. The molecule has 9 heteroatoms. The molecule has 2 aromatic carbocycles. The fourth-order valence-corrected chi connectivity index (χ4v) is 2.72. The topological polar surface area (TPSA) is 103 Å². The van der Waals surface area contributed by atoms with Gasteiger partial charge in [0.15, 0.2) is 11.4 Å². The van der Waals surface area contributed by atoms with Gasteiger partial charge in [0.05, 0.1) is 25.6 Å². The Kier molecular flexibility index (Phi) is 5.65. The summed E-state index contributed by atoms with van der Waals surface area (Å²) in [6.07, 6.45) is 0. The number of nitrogens with zero attached hydrogens (tertiary/aromatic N) is 2. The zero-order valence-corrected chi connectivity index (χ0v) is 16.6. The monoisotopic (exact) mass is 445 g/mol. The van der Waals surface area contributed by atoms with Crippen molar-refractivity contribution >= 4 is 27.5 Å². The molecule has 8 nitrogen and oxygen atoms in total. The van der Waals surface area contributed by atoms with Gasteiger partial charge in [-0.25, -0.2) is 0 Å². The van der Waals surface area contributed by atoms with Crippen LogP contribution in [0.25, 0.3) is 5.69 Å². The average Bonchev–Trinajstić information content (AvgIpc) is 2.69. The molecule has 1 amide bonds. The first kappa shape index (κ1) is 19.4. The third-order valence-corrected chi connectivity index (χ3v) is 4.38. The van der Waals surface area contributed by atoms with Gasteiger partial charge in [0.2, 0.25) is 0 Å². The summed E-state index contributed by atoms with van der Waals surface area (Å²) in [6, 6.07) is 12.6. The standard InChI is InChI=1S/C19H16BrN3O5/c1-27-13-7-8-14(16(9-13)28-2)21-19(26)18-15(24)10-17(25)23(22-18)12-5-3-11(20)4-6-12/h3-10,24H,1-2H3,(H,21,26). The van der Waals surface area contributed by atoms with Crippen LogP contribution in [0.5, 0.6) is 17.2 Å². The number of methoxy groups -OCH3 is 2. The lowest BCUT2D eigenvalue weighted by Gasteiger charge is -2.12. The number of amides is 1. The Labute approximate surface area is 168 Å². The number of rotatable bonds is 5. The smallest absolute Gasteiger partial charge is 0.280 e. The number of hydrogen-bond acceptors (Lipinski definition) is 6. The highest BCUT2D eigenvalue weighted by atomic mass is 79.9. The van der Waals surface area contributed by atoms with Crippen molar-refractivity contribution in [2.45, 2.75) is 0 Å². The van der Waals surface area contributed by atoms with Crippen LogP contribution < -0.4 is 20.3 Å². The molecular formula is C19H16BrN3O5. The molecule has 0 bridgehead atoms. The van der Waals surface area contributed by atoms with Gasteiger partial charge in [-0.15, -0.1) is 0 Å². The summed E-state index contributed by atoms with van der Waals surface area (Å²) in [5, 5.41) is 16.7. The fraction of sp³-hybridized carbons (Fsp3) is 0.105. The number of carbonyl (C=O) groups is 1. The van der Waals surface area contributed by atoms with Crippen molar-refractivity contribution in [2.24, 2.45) is 0 Å². The number of ether oxygens (including phenoxy) is 2. The van der Waals surface area contributed by atoms with Crippen LogP contribution in [0, 0.1) is 0 Å². The highest BCUT2D eigenvalue weighted by molar-refractivity contribution is 9.10. The second kappa shape index (κ2) is 8.13. The lowest BCUT2D eigenvalue weighted by Crippen LogP contribution is -2.25. The number of benzene rings is 2. The van der Waals surface area contributed by atoms with Gasteiger partial charge >= 0.3 is 0 Å². The highest BCUT2D eigenvalue weighted by Gasteiger charge is 2.18. The highest BCUT2D eigenvalue weighted by Crippen LogP contribution is 2.29. The van der Waals surface area contributed by atoms with Crippen LogP contribution in [0.3, 0.4) is 0 Å². The van der Waals surface area contributed by atoms with E-state index in [2.05, 4.69) is 26.3 Å². The predicted molar refractivity (Wildman–Crippen MR) is 107 cm³/mol. The molecule has 3 rings (SSSR count). The number of halogens is 1. The van der Waals surface area contributed by atoms with Gasteiger partial charge in [-0.1, -0.05) is 15.9 Å². The molecule has 0 saturated heterocycles. The van der Waals surface area contributed by atoms with E-state index in [0.717, 1.165) is 15.2 Å². The number of hydrogen-bond donors (Lipinski definition) is 2. The molecule has 2 N–H and O–H groups in total. The lowest BCUT2D eigenvalue weighted by molar-refractivity contribution is 0.101. The van der Waals surface area contributed by atoms with Gasteiger partial charge < -0.3 is 19.9 Å². The van der Waals surface area contributed by atoms with Crippen LogP contribution in [0.1, 0.15) is 10.5 Å². The van der Waals surface area contributed by atoms with Crippen molar-refractivity contribution in [2.75, 3.05) is 19.5 Å². The zero-order valence-electron chi connectivity index (χ0n) is 15.0. The van der Waals surface area contributed by atoms with E-state index in [1.807, 2.05) is 0 Å². The molecule has 0 fully saturated rings. The lowest BCUT2D eigenvalue weighted by atomic mass is 10.2. The van der Waals surface area contributed by atoms with E-state index in [9.17, 15) is 14.7 Å². The first-order valence-corrected chi connectivity index (χ1v) is 8.85. The molecule has 3 aromatic rings. The summed E-state index contributed by atoms with van der Waals surface area (Å²) in [6.45, 7) is 0. The average molecular weight is 446 g/mol. The van der Waals surface area contributed by atoms with E-state index in [1.54, 1.807) is 42.5 Å². The number of aromatic nitrogens is 2. The van der Waals surface area contributed by atoms with Crippen molar-refractivity contribution in [3.8, 4) is 22.9 Å². The van der Waals surface area contributed by atoms with E-state index in [-0.39, 0.29) is 5.69 Å². The molecule has 0 aliphatic carbocycles. The maximum Gasteiger partial charge on any atom is 0.280 e. The molecular weight excluding hydrogens is 430 g/mol. The van der Waals surface area contributed by atoms with Crippen LogP contribution in [-0.4, -0.2) is 35.0 Å². The van der Waals surface area contributed by atoms with Crippen molar-refractivity contribution in [3.63, 3.8) is 0 Å². The largest absolute Gasteiger partial charge is 0.505 e. The Morgan fingerprint density at radius 3 is 2.46 bits per heavy atom. The Bertz CT molecular complexity index is 1080. The summed E-state index contributed by atoms with van der Waals surface area (Å²) >= 11 is 3.31. The second-order valence-electron chi connectivity index (χ2n) is 5.62. The zero-order chi connectivity index (χ0) is 20.3. The molecule has 0 aliphatic heterocycles. The molecule has 0 atom stereocenters. The minimum absolute atomic E-state index is 0.305. The molecule has 0 radical (unpaired) electrons. The number of carbonyl (C=O) groups excluding carboxylic acids is 1. The predicted octanol–water partition coefficient (Wildman–Crippen LogP) is 2.97. The Morgan fingerprint density at radius 1 is 1.11 bits per heavy atom. The summed E-state index contributed by atoms with van der Waals surface area (Å²) < 4.78 is 12.2. The third-order valence-electron chi connectivity index (χ3n) is 3.85. The maximum absolute atomic E-state index is 12.7. The van der Waals surface area contributed by atoms with Crippen molar-refractivity contribution in [1.82, 2.24) is 9.78 Å². The molecule has 0 aliphatic rings. The minimum atomic E-state index is -0.702. The van der Waals surface area contributed by atoms with Crippen LogP contribution in [-0.2, 0) is 0 Å². The number of aromatic hydroxyl groups is 1. The Morgan fingerprint density at radius 2 is 1.82 bits per heavy atom. The first-order valence-electron chi connectivity index (χ1n) is 8.05. The number of anilines is 1. The van der Waals surface area contributed by atoms with Crippen LogP contribution >= 0.6 is 15.9 Å². The van der Waals surface area contributed by atoms with Crippen molar-refractivity contribution in [3.05, 3.63) is 69.1 Å². The molecule has 0 unspecified atom stereocenters. The molecule has 0 saturated carbocycles. The normalized spacial score (nSPS) is 10.4. The SMILES string of the molecule is COc1ccc(NC(=O)c2nn(-c3ccc(Br)cc3)c(=O)cc2O)c(OC)c1. The van der Waals surface area contributed by atoms with Gasteiger partial charge in [0, 0.05) is 16.6 Å². The van der Waals surface area contributed by atoms with Gasteiger partial charge in [-0.3, -0.25) is 9.59 Å². The summed E-state index contributed by atoms with van der Waals surface area (Å²) in [4.78, 5) is 24.9. The van der Waals surface area contributed by atoms with Gasteiger partial charge in [-0.2, -0.15) is 9.78 Å². The molecule has 1 heterocycles. The minimum Gasteiger partial charge on any atom is -0.505 e. The van der Waals surface area contributed by atoms with Crippen molar-refractivity contribution in [1.29, 1.82) is 0 Å². The van der Waals surface area contributed by atoms with E-state index in [1.165, 1.54) is 14.2 Å². The summed E-state index contributed by atoms with van der Waals surface area (Å²) in [7, 11) is 2.97. The molecule has 1 aromatic heterocycles. The van der Waals surface area contributed by atoms with Crippen LogP contribution in [0.2, 0.25) is 0 Å². The van der Waals surface area contributed by atoms with E-state index < -0.39 is 17.2 Å². The van der Waals surface area contributed by atoms with E-state index >= 15 is 0 Å². The second-order valence-corrected chi connectivity index (χ2v) is 6.54. The van der Waals surface area contributed by atoms with E-state index in [0.29, 0.717) is 22.9 Å². The quantitative estimate of drug-likeness (QED) is 0.625. The summed E-state index contributed by atoms with van der Waals surface area (Å²) in [5.74, 6) is -0.303. The van der Waals surface area contributed by atoms with Crippen LogP contribution in [0.4, 0.5) is 5.69 Å².